The Morgan fingerprint density at radius 3 is 2.45 bits per heavy atom. The summed E-state index contributed by atoms with van der Waals surface area (Å²) in [4.78, 5) is 29.8. The minimum atomic E-state index is -1.17. The van der Waals surface area contributed by atoms with Gasteiger partial charge in [0.05, 0.1) is 17.2 Å². The van der Waals surface area contributed by atoms with Crippen molar-refractivity contribution in [3.63, 3.8) is 0 Å². The number of ether oxygens (including phenoxy) is 1. The number of halogens is 1. The number of hydrogen-bond donors (Lipinski definition) is 0. The molecule has 0 aliphatic carbocycles. The maximum absolute atomic E-state index is 13.2. The molecule has 0 N–H and O–H groups in total. The zero-order valence-electron chi connectivity index (χ0n) is 19.0. The molecular weight excluding hydrogens is 440 g/mol. The summed E-state index contributed by atoms with van der Waals surface area (Å²) >= 11 is 6.47. The first-order valence-corrected chi connectivity index (χ1v) is 11.7. The fourth-order valence-corrected chi connectivity index (χ4v) is 4.48. The third-order valence-electron chi connectivity index (χ3n) is 5.86. The summed E-state index contributed by atoms with van der Waals surface area (Å²) in [5.41, 5.74) is 2.49. The van der Waals surface area contributed by atoms with Gasteiger partial charge in [0.2, 0.25) is 0 Å². The first-order chi connectivity index (χ1) is 15.9. The highest BCUT2D eigenvalue weighted by Gasteiger charge is 2.46. The summed E-state index contributed by atoms with van der Waals surface area (Å²) < 4.78 is 5.57. The number of hydrogen-bond acceptors (Lipinski definition) is 5. The quantitative estimate of drug-likeness (QED) is 0.172. The van der Waals surface area contributed by atoms with Gasteiger partial charge in [-0.1, -0.05) is 86.3 Å². The largest absolute Gasteiger partial charge is 0.457 e. The second-order valence-electron chi connectivity index (χ2n) is 8.20. The lowest BCUT2D eigenvalue weighted by Crippen LogP contribution is -2.41. The lowest BCUT2D eigenvalue weighted by Gasteiger charge is -2.29. The van der Waals surface area contributed by atoms with Crippen molar-refractivity contribution in [3.05, 3.63) is 92.1 Å². The third-order valence-corrected chi connectivity index (χ3v) is 6.20. The molecule has 3 rings (SSSR count). The smallest absolute Gasteiger partial charge is 0.337 e. The molecule has 7 heteroatoms. The molecule has 0 bridgehead atoms. The molecule has 2 aromatic rings. The van der Waals surface area contributed by atoms with Gasteiger partial charge in [-0.3, -0.25) is 15.1 Å². The van der Waals surface area contributed by atoms with E-state index >= 15 is 0 Å². The van der Waals surface area contributed by atoms with Gasteiger partial charge in [0.1, 0.15) is 6.61 Å². The molecule has 6 nitrogen and oxygen atoms in total. The summed E-state index contributed by atoms with van der Waals surface area (Å²) in [5.74, 6) is -1.47. The Bertz CT molecular complexity index is 1050. The van der Waals surface area contributed by atoms with E-state index in [9.17, 15) is 14.9 Å². The molecule has 1 aliphatic rings. The number of esters is 1. The Kier molecular flexibility index (Phi) is 8.78. The Labute approximate surface area is 199 Å². The van der Waals surface area contributed by atoms with Gasteiger partial charge in [-0.05, 0) is 37.0 Å². The van der Waals surface area contributed by atoms with Crippen molar-refractivity contribution in [3.8, 4) is 0 Å². The zero-order valence-corrected chi connectivity index (χ0v) is 19.8. The average Bonchev–Trinajstić information content (AvgIpc) is 2.80. The molecular formula is C26H29ClN2O4. The monoisotopic (exact) mass is 468 g/mol. The molecule has 2 unspecified atom stereocenters. The van der Waals surface area contributed by atoms with Crippen LogP contribution >= 0.6 is 11.6 Å². The van der Waals surface area contributed by atoms with Crippen molar-refractivity contribution in [2.45, 2.75) is 64.5 Å². The summed E-state index contributed by atoms with van der Waals surface area (Å²) in [5, 5.41) is 12.7. The SMILES string of the molecule is CCCCCCC1=NC(C)=C(C(=O)OCc2ccccc2)C(c2ccccc2Cl)C1[N+](=O)[O-]. The number of carbonyl (C=O) groups is 1. The molecule has 33 heavy (non-hydrogen) atoms. The van der Waals surface area contributed by atoms with Gasteiger partial charge >= 0.3 is 5.97 Å². The van der Waals surface area contributed by atoms with Gasteiger partial charge in [0, 0.05) is 15.6 Å². The van der Waals surface area contributed by atoms with E-state index in [0.717, 1.165) is 31.2 Å². The minimum Gasteiger partial charge on any atom is -0.457 e. The van der Waals surface area contributed by atoms with E-state index in [1.54, 1.807) is 31.2 Å². The number of nitro groups is 1. The van der Waals surface area contributed by atoms with Crippen LogP contribution < -0.4 is 0 Å². The highest BCUT2D eigenvalue weighted by Crippen LogP contribution is 2.40. The number of nitrogens with zero attached hydrogens (tertiary/aromatic N) is 2. The fourth-order valence-electron chi connectivity index (χ4n) is 4.23. The second kappa shape index (κ2) is 11.8. The molecule has 0 spiro atoms. The maximum atomic E-state index is 13.2. The molecule has 1 heterocycles. The van der Waals surface area contributed by atoms with E-state index < -0.39 is 17.9 Å². The van der Waals surface area contributed by atoms with Crippen LogP contribution in [0.25, 0.3) is 0 Å². The summed E-state index contributed by atoms with van der Waals surface area (Å²) in [6, 6.07) is 15.1. The predicted octanol–water partition coefficient (Wildman–Crippen LogP) is 6.51. The molecule has 2 aromatic carbocycles. The van der Waals surface area contributed by atoms with Crippen molar-refractivity contribution in [1.29, 1.82) is 0 Å². The van der Waals surface area contributed by atoms with Gasteiger partial charge in [-0.15, -0.1) is 0 Å². The molecule has 0 fully saturated rings. The molecule has 0 aromatic heterocycles. The van der Waals surface area contributed by atoms with Crippen LogP contribution in [-0.2, 0) is 16.1 Å². The van der Waals surface area contributed by atoms with Crippen LogP contribution in [0.2, 0.25) is 5.02 Å². The van der Waals surface area contributed by atoms with E-state index in [-0.39, 0.29) is 17.1 Å². The minimum absolute atomic E-state index is 0.0718. The topological polar surface area (TPSA) is 81.8 Å². The third kappa shape index (κ3) is 6.08. The van der Waals surface area contributed by atoms with Crippen molar-refractivity contribution >= 4 is 23.3 Å². The standard InChI is InChI=1S/C26H29ClN2O4/c1-3-4-5-9-16-22-25(29(31)32)24(20-14-10-11-15-21(20)27)23(18(2)28-22)26(30)33-17-19-12-7-6-8-13-19/h6-8,10-15,24-25H,3-5,9,16-17H2,1-2H3. The van der Waals surface area contributed by atoms with Crippen LogP contribution in [0.3, 0.4) is 0 Å². The number of allylic oxidation sites excluding steroid dienone is 1. The van der Waals surface area contributed by atoms with Gasteiger partial charge in [-0.2, -0.15) is 0 Å². The first kappa shape index (κ1) is 24.6. The van der Waals surface area contributed by atoms with E-state index in [2.05, 4.69) is 11.9 Å². The van der Waals surface area contributed by atoms with Crippen molar-refractivity contribution in [2.75, 3.05) is 0 Å². The second-order valence-corrected chi connectivity index (χ2v) is 8.61. The van der Waals surface area contributed by atoms with Gasteiger partial charge in [0.25, 0.3) is 6.04 Å². The van der Waals surface area contributed by atoms with Crippen LogP contribution in [-0.4, -0.2) is 22.6 Å². The molecule has 1 aliphatic heterocycles. The highest BCUT2D eigenvalue weighted by molar-refractivity contribution is 6.31. The van der Waals surface area contributed by atoms with Crippen LogP contribution in [0.5, 0.6) is 0 Å². The van der Waals surface area contributed by atoms with Crippen LogP contribution in [0.4, 0.5) is 0 Å². The van der Waals surface area contributed by atoms with E-state index in [4.69, 9.17) is 16.3 Å². The van der Waals surface area contributed by atoms with E-state index in [0.29, 0.717) is 28.4 Å². The number of benzene rings is 2. The Balaban J connectivity index is 1.99. The van der Waals surface area contributed by atoms with Gasteiger partial charge in [-0.25, -0.2) is 4.79 Å². The van der Waals surface area contributed by atoms with Gasteiger partial charge < -0.3 is 4.74 Å². The zero-order chi connectivity index (χ0) is 23.8. The summed E-state index contributed by atoms with van der Waals surface area (Å²) in [7, 11) is 0. The van der Waals surface area contributed by atoms with Crippen molar-refractivity contribution in [2.24, 2.45) is 4.99 Å². The van der Waals surface area contributed by atoms with Crippen molar-refractivity contribution in [1.82, 2.24) is 0 Å². The van der Waals surface area contributed by atoms with Crippen LogP contribution in [0.15, 0.2) is 70.9 Å². The summed E-state index contributed by atoms with van der Waals surface area (Å²) in [6.07, 6.45) is 4.44. The highest BCUT2D eigenvalue weighted by atomic mass is 35.5. The van der Waals surface area contributed by atoms with Gasteiger partial charge in [0.15, 0.2) is 0 Å². The Morgan fingerprint density at radius 2 is 1.79 bits per heavy atom. The molecule has 0 radical (unpaired) electrons. The van der Waals surface area contributed by atoms with Crippen LogP contribution in [0, 0.1) is 10.1 Å². The molecule has 0 saturated carbocycles. The van der Waals surface area contributed by atoms with Crippen LogP contribution in [0.1, 0.15) is 63.0 Å². The lowest BCUT2D eigenvalue weighted by molar-refractivity contribution is -0.505. The lowest BCUT2D eigenvalue weighted by atomic mass is 9.79. The maximum Gasteiger partial charge on any atom is 0.337 e. The van der Waals surface area contributed by atoms with E-state index in [1.807, 2.05) is 30.3 Å². The normalized spacial score (nSPS) is 18.1. The molecule has 0 saturated heterocycles. The Hall–Kier alpha value is -2.99. The number of aliphatic imine (C=N–C) groups is 1. The summed E-state index contributed by atoms with van der Waals surface area (Å²) in [6.45, 7) is 3.90. The molecule has 174 valence electrons. The number of unbranched alkanes of at least 4 members (excludes halogenated alkanes) is 3. The first-order valence-electron chi connectivity index (χ1n) is 11.3. The number of carbonyl (C=O) groups excluding carboxylic acids is 1. The van der Waals surface area contributed by atoms with E-state index in [1.165, 1.54) is 0 Å². The number of rotatable bonds is 10. The molecule has 2 atom stereocenters. The predicted molar refractivity (Wildman–Crippen MR) is 130 cm³/mol. The fraction of sp³-hybridized carbons (Fsp3) is 0.385. The molecule has 0 amide bonds. The average molecular weight is 469 g/mol. The van der Waals surface area contributed by atoms with Crippen molar-refractivity contribution < 1.29 is 14.5 Å². The Morgan fingerprint density at radius 1 is 1.09 bits per heavy atom.